The molecule has 0 saturated carbocycles. The number of methoxy groups -OCH3 is 1. The van der Waals surface area contributed by atoms with Crippen molar-refractivity contribution in [2.45, 2.75) is 6.61 Å². The Balaban J connectivity index is 1.25. The Bertz CT molecular complexity index is 1610. The molecule has 42 heavy (non-hydrogen) atoms. The average molecular weight is 656 g/mol. The molecule has 3 aromatic carbocycles. The van der Waals surface area contributed by atoms with Gasteiger partial charge in [-0.25, -0.2) is 0 Å². The van der Waals surface area contributed by atoms with E-state index in [9.17, 15) is 24.5 Å². The van der Waals surface area contributed by atoms with Crippen LogP contribution in [0.1, 0.15) is 11.1 Å². The van der Waals surface area contributed by atoms with Crippen LogP contribution in [0, 0.1) is 10.1 Å². The highest BCUT2D eigenvalue weighted by molar-refractivity contribution is 9.10. The van der Waals surface area contributed by atoms with E-state index in [1.807, 2.05) is 0 Å². The number of nitro benzene ring substituents is 1. The van der Waals surface area contributed by atoms with Gasteiger partial charge in [0, 0.05) is 28.4 Å². The summed E-state index contributed by atoms with van der Waals surface area (Å²) in [5.74, 6) is 0.673. The van der Waals surface area contributed by atoms with Crippen LogP contribution >= 0.6 is 27.7 Å². The second kappa shape index (κ2) is 12.5. The zero-order valence-corrected chi connectivity index (χ0v) is 24.4. The molecular formula is C28H22BrN3O9S. The Morgan fingerprint density at radius 3 is 2.55 bits per heavy atom. The lowest BCUT2D eigenvalue weighted by Gasteiger charge is -2.19. The van der Waals surface area contributed by atoms with E-state index in [1.165, 1.54) is 25.3 Å². The number of fused-ring (bicyclic) bond motifs is 1. The van der Waals surface area contributed by atoms with Crippen LogP contribution in [0.2, 0.25) is 0 Å². The number of amides is 3. The molecule has 0 spiro atoms. The first kappa shape index (κ1) is 29.0. The van der Waals surface area contributed by atoms with E-state index in [-0.39, 0.29) is 17.2 Å². The molecule has 12 nitrogen and oxygen atoms in total. The van der Waals surface area contributed by atoms with Crippen molar-refractivity contribution < 1.29 is 38.3 Å². The largest absolute Gasteiger partial charge is 0.493 e. The molecule has 1 fully saturated rings. The number of nitrogens with one attached hydrogen (secondary N) is 1. The summed E-state index contributed by atoms with van der Waals surface area (Å²) in [6.07, 6.45) is 1.52. The van der Waals surface area contributed by atoms with Gasteiger partial charge in [0.25, 0.3) is 16.8 Å². The molecule has 1 saturated heterocycles. The highest BCUT2D eigenvalue weighted by Crippen LogP contribution is 2.38. The number of imide groups is 1. The van der Waals surface area contributed by atoms with Crippen molar-refractivity contribution in [3.8, 4) is 23.0 Å². The molecule has 3 amide bonds. The monoisotopic (exact) mass is 655 g/mol. The Labute approximate surface area is 251 Å². The lowest BCUT2D eigenvalue weighted by Crippen LogP contribution is -2.36. The third-order valence-corrected chi connectivity index (χ3v) is 7.71. The number of nitrogens with zero attached hydrogens (tertiary/aromatic N) is 2. The number of rotatable bonds is 9. The molecule has 5 rings (SSSR count). The van der Waals surface area contributed by atoms with Crippen molar-refractivity contribution in [2.75, 3.05) is 32.2 Å². The number of carbonyl (C=O) groups excluding carboxylic acids is 3. The fourth-order valence-corrected chi connectivity index (χ4v) is 5.32. The number of halogens is 1. The Morgan fingerprint density at radius 1 is 1.10 bits per heavy atom. The Kier molecular flexibility index (Phi) is 8.64. The van der Waals surface area contributed by atoms with Crippen molar-refractivity contribution in [3.05, 3.63) is 85.2 Å². The first-order chi connectivity index (χ1) is 20.2. The zero-order chi connectivity index (χ0) is 29.8. The van der Waals surface area contributed by atoms with E-state index < -0.39 is 28.5 Å². The number of anilines is 1. The molecule has 2 aliphatic heterocycles. The minimum Gasteiger partial charge on any atom is -0.493 e. The molecule has 0 aromatic heterocycles. The van der Waals surface area contributed by atoms with Gasteiger partial charge in [-0.1, -0.05) is 15.9 Å². The molecule has 3 aromatic rings. The SMILES string of the molecule is COc1cc(/C=C2/SC(=O)N(CC(=O)Nc3ccc4c(c3)OCCO4)C2=O)c(Br)cc1OCc1ccc([N+](=O)[O-])cc1. The van der Waals surface area contributed by atoms with E-state index in [1.54, 1.807) is 42.5 Å². The van der Waals surface area contributed by atoms with Crippen LogP contribution in [0.4, 0.5) is 16.2 Å². The molecular weight excluding hydrogens is 634 g/mol. The van der Waals surface area contributed by atoms with Crippen molar-refractivity contribution in [1.82, 2.24) is 4.90 Å². The number of thioether (sulfide) groups is 1. The van der Waals surface area contributed by atoms with E-state index >= 15 is 0 Å². The Hall–Kier alpha value is -4.56. The van der Waals surface area contributed by atoms with Crippen LogP contribution in [0.25, 0.3) is 6.08 Å². The van der Waals surface area contributed by atoms with Gasteiger partial charge in [0.1, 0.15) is 26.4 Å². The summed E-state index contributed by atoms with van der Waals surface area (Å²) in [5, 5.41) is 13.0. The molecule has 0 bridgehead atoms. The maximum atomic E-state index is 13.0. The summed E-state index contributed by atoms with van der Waals surface area (Å²) in [6.45, 7) is 0.508. The maximum Gasteiger partial charge on any atom is 0.294 e. The van der Waals surface area contributed by atoms with Gasteiger partial charge in [-0.05, 0) is 65.4 Å². The van der Waals surface area contributed by atoms with Crippen molar-refractivity contribution >= 4 is 62.2 Å². The summed E-state index contributed by atoms with van der Waals surface area (Å²) < 4.78 is 22.9. The summed E-state index contributed by atoms with van der Waals surface area (Å²) in [7, 11) is 1.46. The molecule has 0 radical (unpaired) electrons. The molecule has 0 atom stereocenters. The van der Waals surface area contributed by atoms with Gasteiger partial charge in [0.15, 0.2) is 23.0 Å². The van der Waals surface area contributed by atoms with Crippen molar-refractivity contribution in [1.29, 1.82) is 0 Å². The van der Waals surface area contributed by atoms with E-state index in [0.717, 1.165) is 22.2 Å². The number of carbonyl (C=O) groups is 3. The highest BCUT2D eigenvalue weighted by atomic mass is 79.9. The van der Waals surface area contributed by atoms with Crippen molar-refractivity contribution in [2.24, 2.45) is 0 Å². The average Bonchev–Trinajstić information content (AvgIpc) is 3.24. The zero-order valence-electron chi connectivity index (χ0n) is 22.0. The smallest absolute Gasteiger partial charge is 0.294 e. The first-order valence-corrected chi connectivity index (χ1v) is 14.0. The van der Waals surface area contributed by atoms with E-state index in [2.05, 4.69) is 21.2 Å². The predicted molar refractivity (Wildman–Crippen MR) is 157 cm³/mol. The molecule has 0 unspecified atom stereocenters. The second-order valence-electron chi connectivity index (χ2n) is 8.91. The van der Waals surface area contributed by atoms with E-state index in [4.69, 9.17) is 18.9 Å². The summed E-state index contributed by atoms with van der Waals surface area (Å²) in [4.78, 5) is 49.7. The normalized spacial score (nSPS) is 15.1. The molecule has 14 heteroatoms. The molecule has 216 valence electrons. The van der Waals surface area contributed by atoms with Crippen LogP contribution in [0.15, 0.2) is 64.0 Å². The van der Waals surface area contributed by atoms with Gasteiger partial charge in [0.05, 0.1) is 16.9 Å². The number of hydrogen-bond donors (Lipinski definition) is 1. The number of nitro groups is 1. The number of hydrogen-bond acceptors (Lipinski definition) is 10. The summed E-state index contributed by atoms with van der Waals surface area (Å²) in [5.41, 5.74) is 1.68. The van der Waals surface area contributed by atoms with Crippen LogP contribution in [0.3, 0.4) is 0 Å². The van der Waals surface area contributed by atoms with Gasteiger partial charge >= 0.3 is 0 Å². The van der Waals surface area contributed by atoms with Gasteiger partial charge in [0.2, 0.25) is 5.91 Å². The van der Waals surface area contributed by atoms with Gasteiger partial charge < -0.3 is 24.3 Å². The van der Waals surface area contributed by atoms with Crippen LogP contribution in [0.5, 0.6) is 23.0 Å². The van der Waals surface area contributed by atoms with E-state index in [0.29, 0.717) is 51.9 Å². The summed E-state index contributed by atoms with van der Waals surface area (Å²) >= 11 is 4.19. The van der Waals surface area contributed by atoms with Crippen LogP contribution in [-0.4, -0.2) is 53.7 Å². The molecule has 1 N–H and O–H groups in total. The molecule has 2 heterocycles. The van der Waals surface area contributed by atoms with Gasteiger partial charge in [-0.3, -0.25) is 29.4 Å². The van der Waals surface area contributed by atoms with Gasteiger partial charge in [-0.15, -0.1) is 0 Å². The van der Waals surface area contributed by atoms with Gasteiger partial charge in [-0.2, -0.15) is 0 Å². The number of ether oxygens (including phenoxy) is 4. The minimum atomic E-state index is -0.605. The maximum absolute atomic E-state index is 13.0. The summed E-state index contributed by atoms with van der Waals surface area (Å²) in [6, 6.07) is 14.2. The second-order valence-corrected chi connectivity index (χ2v) is 10.8. The minimum absolute atomic E-state index is 0.0199. The first-order valence-electron chi connectivity index (χ1n) is 12.4. The third kappa shape index (κ3) is 6.50. The lowest BCUT2D eigenvalue weighted by atomic mass is 10.1. The third-order valence-electron chi connectivity index (χ3n) is 6.11. The van der Waals surface area contributed by atoms with Crippen LogP contribution < -0.4 is 24.3 Å². The fraction of sp³-hybridized carbons (Fsp3) is 0.179. The lowest BCUT2D eigenvalue weighted by molar-refractivity contribution is -0.384. The molecule has 0 aliphatic carbocycles. The number of benzene rings is 3. The quantitative estimate of drug-likeness (QED) is 0.181. The molecule has 2 aliphatic rings. The fourth-order valence-electron chi connectivity index (χ4n) is 4.05. The predicted octanol–water partition coefficient (Wildman–Crippen LogP) is 5.39. The standard InChI is InChI=1S/C28H22BrN3O9S/c1-38-22-10-17(20(29)13-24(22)41-15-16-2-5-19(6-3-16)32(36)37)11-25-27(34)31(28(35)42-25)14-26(33)30-18-4-7-21-23(12-18)40-9-8-39-21/h2-7,10-13H,8-9,14-15H2,1H3,(H,30,33)/b25-11+. The van der Waals surface area contributed by atoms with Crippen LogP contribution in [-0.2, 0) is 16.2 Å². The highest BCUT2D eigenvalue weighted by Gasteiger charge is 2.36. The van der Waals surface area contributed by atoms with Crippen molar-refractivity contribution in [3.63, 3.8) is 0 Å². The Morgan fingerprint density at radius 2 is 1.83 bits per heavy atom. The number of non-ortho nitro benzene ring substituents is 1. The topological polar surface area (TPSA) is 147 Å².